The van der Waals surface area contributed by atoms with Gasteiger partial charge in [0.05, 0.1) is 17.2 Å². The summed E-state index contributed by atoms with van der Waals surface area (Å²) in [5.41, 5.74) is 3.14. The van der Waals surface area contributed by atoms with Crippen molar-refractivity contribution in [3.63, 3.8) is 0 Å². The van der Waals surface area contributed by atoms with Crippen molar-refractivity contribution < 1.29 is 9.90 Å². The molecule has 3 aromatic rings. The van der Waals surface area contributed by atoms with Gasteiger partial charge in [0.2, 0.25) is 0 Å². The molecule has 116 valence electrons. The van der Waals surface area contributed by atoms with Crippen molar-refractivity contribution in [3.05, 3.63) is 89.7 Å². The Bertz CT molecular complexity index is 947. The van der Waals surface area contributed by atoms with E-state index in [9.17, 15) is 10.1 Å². The number of aromatic nitrogens is 1. The number of nitrogens with zero attached hydrogens (tertiary/aromatic N) is 2. The molecule has 0 saturated heterocycles. The monoisotopic (exact) mass is 314 g/mol. The zero-order chi connectivity index (χ0) is 16.9. The number of rotatable bonds is 4. The third kappa shape index (κ3) is 3.11. The minimum Gasteiger partial charge on any atom is -0.478 e. The van der Waals surface area contributed by atoms with Crippen molar-refractivity contribution in [2.45, 2.75) is 0 Å². The van der Waals surface area contributed by atoms with Gasteiger partial charge in [-0.15, -0.1) is 0 Å². The van der Waals surface area contributed by atoms with Gasteiger partial charge < -0.3 is 9.67 Å². The van der Waals surface area contributed by atoms with Crippen LogP contribution in [0.2, 0.25) is 0 Å². The molecule has 4 heteroatoms. The highest BCUT2D eigenvalue weighted by molar-refractivity contribution is 5.90. The van der Waals surface area contributed by atoms with E-state index in [1.807, 2.05) is 59.3 Å². The lowest BCUT2D eigenvalue weighted by atomic mass is 10.1. The van der Waals surface area contributed by atoms with Crippen LogP contribution in [0.5, 0.6) is 0 Å². The third-order valence-corrected chi connectivity index (χ3v) is 3.65. The van der Waals surface area contributed by atoms with Crippen molar-refractivity contribution in [3.8, 4) is 11.8 Å². The van der Waals surface area contributed by atoms with Crippen molar-refractivity contribution in [2.75, 3.05) is 0 Å². The largest absolute Gasteiger partial charge is 0.478 e. The Labute approximate surface area is 139 Å². The fourth-order valence-electron chi connectivity index (χ4n) is 2.48. The molecule has 24 heavy (non-hydrogen) atoms. The molecule has 2 aromatic carbocycles. The van der Waals surface area contributed by atoms with Crippen LogP contribution in [-0.4, -0.2) is 15.6 Å². The van der Waals surface area contributed by atoms with Gasteiger partial charge in [0, 0.05) is 17.6 Å². The molecule has 0 radical (unpaired) electrons. The minimum atomic E-state index is -0.969. The lowest BCUT2D eigenvalue weighted by Gasteiger charge is -2.08. The van der Waals surface area contributed by atoms with Crippen LogP contribution >= 0.6 is 0 Å². The molecule has 0 atom stereocenters. The van der Waals surface area contributed by atoms with Gasteiger partial charge in [0.1, 0.15) is 0 Å². The highest BCUT2D eigenvalue weighted by Crippen LogP contribution is 2.21. The predicted molar refractivity (Wildman–Crippen MR) is 92.7 cm³/mol. The fourth-order valence-corrected chi connectivity index (χ4v) is 2.48. The van der Waals surface area contributed by atoms with Crippen LogP contribution < -0.4 is 0 Å². The molecule has 0 amide bonds. The van der Waals surface area contributed by atoms with Crippen LogP contribution in [0, 0.1) is 11.3 Å². The normalized spacial score (nSPS) is 11.0. The van der Waals surface area contributed by atoms with Gasteiger partial charge in [0.25, 0.3) is 0 Å². The molecule has 0 spiro atoms. The van der Waals surface area contributed by atoms with Crippen molar-refractivity contribution >= 4 is 17.6 Å². The molecule has 1 N–H and O–H groups in total. The number of hydrogen-bond donors (Lipinski definition) is 1. The van der Waals surface area contributed by atoms with Crippen molar-refractivity contribution in [1.29, 1.82) is 5.26 Å². The second kappa shape index (κ2) is 6.67. The van der Waals surface area contributed by atoms with Gasteiger partial charge in [-0.3, -0.25) is 0 Å². The molecule has 0 saturated carbocycles. The Hall–Kier alpha value is -3.58. The van der Waals surface area contributed by atoms with Crippen LogP contribution in [-0.2, 0) is 0 Å². The zero-order valence-electron chi connectivity index (χ0n) is 12.8. The summed E-state index contributed by atoms with van der Waals surface area (Å²) in [6, 6.07) is 22.1. The molecule has 0 aliphatic heterocycles. The van der Waals surface area contributed by atoms with Gasteiger partial charge >= 0.3 is 5.97 Å². The molecule has 0 fully saturated rings. The second-order valence-electron chi connectivity index (χ2n) is 5.19. The third-order valence-electron chi connectivity index (χ3n) is 3.65. The van der Waals surface area contributed by atoms with E-state index in [0.717, 1.165) is 16.9 Å². The number of carboxylic acid groups (broad SMARTS) is 1. The van der Waals surface area contributed by atoms with Crippen LogP contribution in [0.25, 0.3) is 17.3 Å². The summed E-state index contributed by atoms with van der Waals surface area (Å²) in [6.07, 6.45) is 3.63. The van der Waals surface area contributed by atoms with E-state index in [1.54, 1.807) is 24.3 Å². The summed E-state index contributed by atoms with van der Waals surface area (Å²) >= 11 is 0. The van der Waals surface area contributed by atoms with Crippen LogP contribution in [0.1, 0.15) is 21.6 Å². The molecule has 1 heterocycles. The average molecular weight is 314 g/mol. The maximum Gasteiger partial charge on any atom is 0.335 e. The maximum absolute atomic E-state index is 11.2. The fraction of sp³-hybridized carbons (Fsp3) is 0. The molecule has 0 unspecified atom stereocenters. The number of nitriles is 1. The molecule has 0 aliphatic rings. The van der Waals surface area contributed by atoms with Gasteiger partial charge in [-0.25, -0.2) is 4.79 Å². The van der Waals surface area contributed by atoms with E-state index in [-0.39, 0.29) is 5.56 Å². The predicted octanol–water partition coefficient (Wildman–Crippen LogP) is 4.24. The lowest BCUT2D eigenvalue weighted by Crippen LogP contribution is -2.00. The highest BCUT2D eigenvalue weighted by atomic mass is 16.4. The summed E-state index contributed by atoms with van der Waals surface area (Å²) < 4.78 is 1.85. The Morgan fingerprint density at radius 3 is 2.46 bits per heavy atom. The molecule has 0 bridgehead atoms. The molecule has 0 aliphatic carbocycles. The Balaban J connectivity index is 2.05. The Morgan fingerprint density at radius 2 is 1.75 bits per heavy atom. The summed E-state index contributed by atoms with van der Waals surface area (Å²) in [7, 11) is 0. The topological polar surface area (TPSA) is 66.0 Å². The Morgan fingerprint density at radius 1 is 1.00 bits per heavy atom. The lowest BCUT2D eigenvalue weighted by molar-refractivity contribution is 0.0697. The van der Waals surface area contributed by atoms with Gasteiger partial charge in [0.15, 0.2) is 0 Å². The van der Waals surface area contributed by atoms with Crippen LogP contribution in [0.3, 0.4) is 0 Å². The number of aromatic carboxylic acids is 1. The second-order valence-corrected chi connectivity index (χ2v) is 5.19. The number of hydrogen-bond acceptors (Lipinski definition) is 2. The average Bonchev–Trinajstić information content (AvgIpc) is 3.08. The number of benzene rings is 2. The van der Waals surface area contributed by atoms with E-state index < -0.39 is 5.97 Å². The van der Waals surface area contributed by atoms with Crippen molar-refractivity contribution in [1.82, 2.24) is 4.57 Å². The van der Waals surface area contributed by atoms with E-state index in [1.165, 1.54) is 0 Å². The van der Waals surface area contributed by atoms with Crippen LogP contribution in [0.4, 0.5) is 0 Å². The van der Waals surface area contributed by atoms with E-state index in [0.29, 0.717) is 5.57 Å². The SMILES string of the molecule is N#CC(=Cc1cccn1-c1cccc(C(=O)O)c1)c1ccccc1. The number of carbonyl (C=O) groups is 1. The first kappa shape index (κ1) is 15.3. The first-order valence-electron chi connectivity index (χ1n) is 7.37. The molecular formula is C20H14N2O2. The van der Waals surface area contributed by atoms with Crippen molar-refractivity contribution in [2.24, 2.45) is 0 Å². The Kier molecular flexibility index (Phi) is 4.26. The quantitative estimate of drug-likeness (QED) is 0.732. The summed E-state index contributed by atoms with van der Waals surface area (Å²) in [5, 5.41) is 18.6. The van der Waals surface area contributed by atoms with Gasteiger partial charge in [-0.2, -0.15) is 5.26 Å². The smallest absolute Gasteiger partial charge is 0.335 e. The standard InChI is InChI=1S/C20H14N2O2/c21-14-17(15-6-2-1-3-7-15)13-19-10-5-11-22(19)18-9-4-8-16(12-18)20(23)24/h1-13H,(H,23,24). The number of allylic oxidation sites excluding steroid dienone is 1. The van der Waals surface area contributed by atoms with Gasteiger partial charge in [-0.1, -0.05) is 36.4 Å². The first-order valence-corrected chi connectivity index (χ1v) is 7.37. The summed E-state index contributed by atoms with van der Waals surface area (Å²) in [5.74, 6) is -0.969. The summed E-state index contributed by atoms with van der Waals surface area (Å²) in [6.45, 7) is 0. The summed E-state index contributed by atoms with van der Waals surface area (Å²) in [4.78, 5) is 11.2. The van der Waals surface area contributed by atoms with Crippen LogP contribution in [0.15, 0.2) is 72.9 Å². The van der Waals surface area contributed by atoms with E-state index >= 15 is 0 Å². The van der Waals surface area contributed by atoms with E-state index in [4.69, 9.17) is 5.11 Å². The van der Waals surface area contributed by atoms with E-state index in [2.05, 4.69) is 6.07 Å². The molecule has 4 nitrogen and oxygen atoms in total. The minimum absolute atomic E-state index is 0.222. The van der Waals surface area contributed by atoms with Gasteiger partial charge in [-0.05, 0) is 42.0 Å². The first-order chi connectivity index (χ1) is 11.7. The maximum atomic E-state index is 11.2. The zero-order valence-corrected chi connectivity index (χ0v) is 12.8. The molecular weight excluding hydrogens is 300 g/mol. The highest BCUT2D eigenvalue weighted by Gasteiger charge is 2.08. The number of carboxylic acids is 1. The molecule has 3 rings (SSSR count). The molecule has 1 aromatic heterocycles.